The fourth-order valence-electron chi connectivity index (χ4n) is 5.56. The maximum absolute atomic E-state index is 12.8. The summed E-state index contributed by atoms with van der Waals surface area (Å²) >= 11 is 0. The predicted octanol–water partition coefficient (Wildman–Crippen LogP) is 3.81. The third kappa shape index (κ3) is 6.33. The molecule has 4 rings (SSSR count). The summed E-state index contributed by atoms with van der Waals surface area (Å²) in [5.74, 6) is 1.67. The summed E-state index contributed by atoms with van der Waals surface area (Å²) in [5.41, 5.74) is 7.79. The van der Waals surface area contributed by atoms with Crippen LogP contribution < -0.4 is 11.1 Å². The molecule has 2 atom stereocenters. The number of amides is 1. The van der Waals surface area contributed by atoms with E-state index < -0.39 is 0 Å². The lowest BCUT2D eigenvalue weighted by Crippen LogP contribution is -2.51. The van der Waals surface area contributed by atoms with Crippen molar-refractivity contribution in [2.45, 2.75) is 63.5 Å². The van der Waals surface area contributed by atoms with Gasteiger partial charge in [-0.1, -0.05) is 36.8 Å². The second kappa shape index (κ2) is 11.5. The van der Waals surface area contributed by atoms with Gasteiger partial charge >= 0.3 is 0 Å². The van der Waals surface area contributed by atoms with Gasteiger partial charge in [0.15, 0.2) is 0 Å². The first-order valence-corrected chi connectivity index (χ1v) is 11.0. The first-order valence-electron chi connectivity index (χ1n) is 11.0. The van der Waals surface area contributed by atoms with Crippen LogP contribution >= 0.6 is 24.8 Å². The third-order valence-corrected chi connectivity index (χ3v) is 7.28. The molecular formula is C23H37Cl2N3O. The van der Waals surface area contributed by atoms with E-state index in [0.29, 0.717) is 29.8 Å². The second-order valence-corrected chi connectivity index (χ2v) is 9.06. The number of carbonyl (C=O) groups excluding carboxylic acids is 1. The zero-order chi connectivity index (χ0) is 18.6. The molecular weight excluding hydrogens is 405 g/mol. The molecule has 3 aliphatic rings. The largest absolute Gasteiger partial charge is 0.353 e. The number of rotatable bonds is 5. The fourth-order valence-corrected chi connectivity index (χ4v) is 5.56. The van der Waals surface area contributed by atoms with Crippen molar-refractivity contribution in [2.75, 3.05) is 19.6 Å². The second-order valence-electron chi connectivity index (χ2n) is 9.06. The van der Waals surface area contributed by atoms with Gasteiger partial charge in [0.25, 0.3) is 0 Å². The number of hydrogen-bond acceptors (Lipinski definition) is 3. The molecule has 2 aliphatic carbocycles. The third-order valence-electron chi connectivity index (χ3n) is 7.28. The van der Waals surface area contributed by atoms with Gasteiger partial charge in [-0.3, -0.25) is 4.79 Å². The van der Waals surface area contributed by atoms with Gasteiger partial charge < -0.3 is 16.0 Å². The van der Waals surface area contributed by atoms with Gasteiger partial charge in [0, 0.05) is 37.6 Å². The first-order chi connectivity index (χ1) is 13.2. The van der Waals surface area contributed by atoms with Crippen LogP contribution in [0.3, 0.4) is 0 Å². The van der Waals surface area contributed by atoms with E-state index in [1.807, 2.05) is 0 Å². The molecule has 1 aromatic carbocycles. The highest BCUT2D eigenvalue weighted by Gasteiger charge is 2.40. The van der Waals surface area contributed by atoms with Gasteiger partial charge in [0.2, 0.25) is 5.91 Å². The van der Waals surface area contributed by atoms with E-state index in [-0.39, 0.29) is 30.7 Å². The lowest BCUT2D eigenvalue weighted by Gasteiger charge is -2.44. The van der Waals surface area contributed by atoms with E-state index in [0.717, 1.165) is 51.7 Å². The minimum atomic E-state index is 0. The molecule has 3 fully saturated rings. The zero-order valence-electron chi connectivity index (χ0n) is 17.3. The zero-order valence-corrected chi connectivity index (χ0v) is 18.9. The number of halogens is 2. The Morgan fingerprint density at radius 3 is 2.24 bits per heavy atom. The molecule has 164 valence electrons. The van der Waals surface area contributed by atoms with Crippen LogP contribution in [0.25, 0.3) is 0 Å². The SMILES string of the molecule is Cl.Cl.NC1C2CCCC1CC(C(=O)NC1CCN(CCc3ccccc3)CC1)C2. The van der Waals surface area contributed by atoms with Crippen molar-refractivity contribution in [2.24, 2.45) is 23.5 Å². The van der Waals surface area contributed by atoms with Crippen molar-refractivity contribution in [3.63, 3.8) is 0 Å². The number of likely N-dealkylation sites (tertiary alicyclic amines) is 1. The van der Waals surface area contributed by atoms with Crippen molar-refractivity contribution in [3.8, 4) is 0 Å². The number of benzene rings is 1. The van der Waals surface area contributed by atoms with Crippen LogP contribution in [0, 0.1) is 17.8 Å². The Kier molecular flexibility index (Phi) is 9.74. The van der Waals surface area contributed by atoms with Crippen molar-refractivity contribution in [1.29, 1.82) is 0 Å². The van der Waals surface area contributed by atoms with Crippen LogP contribution in [0.15, 0.2) is 30.3 Å². The summed E-state index contributed by atoms with van der Waals surface area (Å²) in [6.07, 6.45) is 9.06. The molecule has 0 aromatic heterocycles. The number of nitrogens with one attached hydrogen (secondary N) is 1. The molecule has 2 bridgehead atoms. The number of nitrogens with zero attached hydrogens (tertiary/aromatic N) is 1. The Balaban J connectivity index is 0.00000150. The normalized spacial score (nSPS) is 30.0. The number of fused-ring (bicyclic) bond motifs is 2. The molecule has 2 saturated carbocycles. The predicted molar refractivity (Wildman–Crippen MR) is 124 cm³/mol. The Labute approximate surface area is 188 Å². The Hall–Kier alpha value is -0.810. The maximum atomic E-state index is 12.8. The van der Waals surface area contributed by atoms with Gasteiger partial charge in [-0.15, -0.1) is 24.8 Å². The quantitative estimate of drug-likeness (QED) is 0.729. The smallest absolute Gasteiger partial charge is 0.223 e. The molecule has 1 saturated heterocycles. The van der Waals surface area contributed by atoms with Gasteiger partial charge in [-0.25, -0.2) is 0 Å². The van der Waals surface area contributed by atoms with Crippen LogP contribution in [0.4, 0.5) is 0 Å². The van der Waals surface area contributed by atoms with Gasteiger partial charge in [-0.2, -0.15) is 0 Å². The van der Waals surface area contributed by atoms with Crippen LogP contribution in [0.2, 0.25) is 0 Å². The maximum Gasteiger partial charge on any atom is 0.223 e. The summed E-state index contributed by atoms with van der Waals surface area (Å²) in [4.78, 5) is 15.4. The number of hydrogen-bond donors (Lipinski definition) is 2. The van der Waals surface area contributed by atoms with E-state index >= 15 is 0 Å². The molecule has 0 radical (unpaired) electrons. The summed E-state index contributed by atoms with van der Waals surface area (Å²) in [6, 6.07) is 11.4. The summed E-state index contributed by atoms with van der Waals surface area (Å²) in [7, 11) is 0. The standard InChI is InChI=1S/C23H35N3O.2ClH/c24-22-18-7-4-8-19(22)16-20(15-18)23(27)25-21-10-13-26(14-11-21)12-9-17-5-2-1-3-6-17;;/h1-3,5-6,18-22H,4,7-16,24H2,(H,25,27);2*1H. The average molecular weight is 442 g/mol. The average Bonchev–Trinajstić information content (AvgIpc) is 2.68. The highest BCUT2D eigenvalue weighted by Crippen LogP contribution is 2.42. The van der Waals surface area contributed by atoms with E-state index in [4.69, 9.17) is 5.73 Å². The van der Waals surface area contributed by atoms with Crippen LogP contribution in [-0.4, -0.2) is 42.5 Å². The molecule has 1 amide bonds. The van der Waals surface area contributed by atoms with Crippen molar-refractivity contribution >= 4 is 30.7 Å². The van der Waals surface area contributed by atoms with Crippen LogP contribution in [0.5, 0.6) is 0 Å². The van der Waals surface area contributed by atoms with Gasteiger partial charge in [0.1, 0.15) is 0 Å². The van der Waals surface area contributed by atoms with Crippen LogP contribution in [-0.2, 0) is 11.2 Å². The summed E-state index contributed by atoms with van der Waals surface area (Å²) in [6.45, 7) is 3.31. The first kappa shape index (κ1) is 24.5. The molecule has 3 N–H and O–H groups in total. The van der Waals surface area contributed by atoms with Crippen molar-refractivity contribution in [1.82, 2.24) is 10.2 Å². The summed E-state index contributed by atoms with van der Waals surface area (Å²) < 4.78 is 0. The number of carbonyl (C=O) groups is 1. The summed E-state index contributed by atoms with van der Waals surface area (Å²) in [5, 5.41) is 3.38. The molecule has 4 nitrogen and oxygen atoms in total. The fraction of sp³-hybridized carbons (Fsp3) is 0.696. The van der Waals surface area contributed by atoms with Crippen molar-refractivity contribution in [3.05, 3.63) is 35.9 Å². The number of piperidine rings is 1. The van der Waals surface area contributed by atoms with E-state index in [9.17, 15) is 4.79 Å². The lowest BCUT2D eigenvalue weighted by atomic mass is 9.65. The Bertz CT molecular complexity index is 608. The number of nitrogens with two attached hydrogens (primary N) is 1. The highest BCUT2D eigenvalue weighted by atomic mass is 35.5. The molecule has 1 heterocycles. The van der Waals surface area contributed by atoms with Gasteiger partial charge in [-0.05, 0) is 62.3 Å². The topological polar surface area (TPSA) is 58.4 Å². The van der Waals surface area contributed by atoms with E-state index in [1.54, 1.807) is 0 Å². The minimum Gasteiger partial charge on any atom is -0.353 e. The Morgan fingerprint density at radius 1 is 1.00 bits per heavy atom. The highest BCUT2D eigenvalue weighted by molar-refractivity contribution is 5.85. The Morgan fingerprint density at radius 2 is 1.62 bits per heavy atom. The molecule has 6 heteroatoms. The lowest BCUT2D eigenvalue weighted by molar-refractivity contribution is -0.129. The van der Waals surface area contributed by atoms with Crippen LogP contribution in [0.1, 0.15) is 50.5 Å². The van der Waals surface area contributed by atoms with Gasteiger partial charge in [0.05, 0.1) is 0 Å². The molecule has 29 heavy (non-hydrogen) atoms. The molecule has 0 spiro atoms. The molecule has 2 unspecified atom stereocenters. The van der Waals surface area contributed by atoms with Crippen molar-refractivity contribution < 1.29 is 4.79 Å². The van der Waals surface area contributed by atoms with E-state index in [2.05, 4.69) is 40.5 Å². The van der Waals surface area contributed by atoms with E-state index in [1.165, 1.54) is 24.8 Å². The molecule has 1 aliphatic heterocycles. The minimum absolute atomic E-state index is 0. The monoisotopic (exact) mass is 441 g/mol. The molecule has 1 aromatic rings.